The molecule has 0 aliphatic rings. The first-order chi connectivity index (χ1) is 9.65. The minimum absolute atomic E-state index is 0.115. The zero-order chi connectivity index (χ0) is 14.5. The summed E-state index contributed by atoms with van der Waals surface area (Å²) in [6, 6.07) is 3.93. The van der Waals surface area contributed by atoms with Crippen molar-refractivity contribution in [1.82, 2.24) is 15.2 Å². The largest absolute Gasteiger partial charge is 0.420 e. The quantitative estimate of drug-likeness (QED) is 0.876. The van der Waals surface area contributed by atoms with Gasteiger partial charge in [0.1, 0.15) is 0 Å². The molecule has 20 heavy (non-hydrogen) atoms. The molecule has 1 N–H and O–H groups in total. The van der Waals surface area contributed by atoms with Crippen LogP contribution < -0.4 is 0 Å². The lowest BCUT2D eigenvalue weighted by Gasteiger charge is -2.07. The number of hydrogen-bond acceptors (Lipinski definition) is 5. The van der Waals surface area contributed by atoms with Crippen LogP contribution in [0.25, 0.3) is 11.5 Å². The van der Waals surface area contributed by atoms with Crippen molar-refractivity contribution in [3.05, 3.63) is 29.9 Å². The second kappa shape index (κ2) is 6.61. The molecule has 108 valence electrons. The van der Waals surface area contributed by atoms with Crippen LogP contribution in [0.2, 0.25) is 0 Å². The fourth-order valence-corrected chi connectivity index (χ4v) is 2.05. The molecule has 5 heteroatoms. The Bertz CT molecular complexity index is 534. The molecule has 1 atom stereocenters. The predicted molar refractivity (Wildman–Crippen MR) is 76.4 cm³/mol. The van der Waals surface area contributed by atoms with Crippen LogP contribution in [-0.4, -0.2) is 26.9 Å². The monoisotopic (exact) mass is 275 g/mol. The van der Waals surface area contributed by atoms with Gasteiger partial charge < -0.3 is 9.52 Å². The van der Waals surface area contributed by atoms with Crippen LogP contribution in [0, 0.1) is 0 Å². The lowest BCUT2D eigenvalue weighted by molar-refractivity contribution is 0.263. The van der Waals surface area contributed by atoms with E-state index in [0.717, 1.165) is 17.7 Å². The maximum atomic E-state index is 9.04. The first-order valence-electron chi connectivity index (χ1n) is 7.06. The highest BCUT2D eigenvalue weighted by atomic mass is 16.4. The third-order valence-corrected chi connectivity index (χ3v) is 3.39. The number of pyridine rings is 1. The zero-order valence-corrected chi connectivity index (χ0v) is 12.2. The summed E-state index contributed by atoms with van der Waals surface area (Å²) in [5.74, 6) is 1.59. The Kier molecular flexibility index (Phi) is 4.84. The molecule has 1 unspecified atom stereocenters. The van der Waals surface area contributed by atoms with Gasteiger partial charge in [-0.3, -0.25) is 4.98 Å². The SMILES string of the molecule is CCC(CCO)c1nnc(-c2ccc(C(C)C)nc2)o1. The number of aromatic nitrogens is 3. The molecule has 0 fully saturated rings. The van der Waals surface area contributed by atoms with E-state index in [1.165, 1.54) is 0 Å². The number of nitrogens with zero attached hydrogens (tertiary/aromatic N) is 3. The normalized spacial score (nSPS) is 12.8. The minimum atomic E-state index is 0.115. The summed E-state index contributed by atoms with van der Waals surface area (Å²) in [4.78, 5) is 4.40. The average molecular weight is 275 g/mol. The Labute approximate surface area is 119 Å². The van der Waals surface area contributed by atoms with Crippen LogP contribution >= 0.6 is 0 Å². The molecule has 2 aromatic rings. The lowest BCUT2D eigenvalue weighted by Crippen LogP contribution is -2.00. The Hall–Kier alpha value is -1.75. The van der Waals surface area contributed by atoms with Gasteiger partial charge in [-0.15, -0.1) is 10.2 Å². The van der Waals surface area contributed by atoms with Gasteiger partial charge in [-0.25, -0.2) is 0 Å². The molecule has 2 aromatic heterocycles. The summed E-state index contributed by atoms with van der Waals surface area (Å²) < 4.78 is 5.70. The van der Waals surface area contributed by atoms with Crippen LogP contribution in [-0.2, 0) is 0 Å². The molecule has 0 aliphatic heterocycles. The number of aliphatic hydroxyl groups excluding tert-OH is 1. The van der Waals surface area contributed by atoms with Crippen LogP contribution in [0.4, 0.5) is 0 Å². The second-order valence-corrected chi connectivity index (χ2v) is 5.19. The van der Waals surface area contributed by atoms with Crippen molar-refractivity contribution in [2.24, 2.45) is 0 Å². The highest BCUT2D eigenvalue weighted by Gasteiger charge is 2.17. The van der Waals surface area contributed by atoms with Crippen molar-refractivity contribution in [2.45, 2.75) is 45.4 Å². The number of rotatable bonds is 6. The van der Waals surface area contributed by atoms with Gasteiger partial charge in [0.25, 0.3) is 0 Å². The highest BCUT2D eigenvalue weighted by Crippen LogP contribution is 2.25. The van der Waals surface area contributed by atoms with Gasteiger partial charge in [0.05, 0.1) is 5.56 Å². The van der Waals surface area contributed by atoms with Gasteiger partial charge in [0, 0.05) is 24.4 Å². The molecule has 0 bridgehead atoms. The van der Waals surface area contributed by atoms with Gasteiger partial charge >= 0.3 is 0 Å². The third-order valence-electron chi connectivity index (χ3n) is 3.39. The van der Waals surface area contributed by atoms with Gasteiger partial charge in [0.15, 0.2) is 0 Å². The van der Waals surface area contributed by atoms with E-state index in [1.807, 2.05) is 19.1 Å². The first-order valence-corrected chi connectivity index (χ1v) is 7.06. The summed E-state index contributed by atoms with van der Waals surface area (Å²) in [6.07, 6.45) is 3.27. The van der Waals surface area contributed by atoms with E-state index in [-0.39, 0.29) is 12.5 Å². The standard InChI is InChI=1S/C15H21N3O2/c1-4-11(7-8-19)14-17-18-15(20-14)12-5-6-13(10(2)3)16-9-12/h5-6,9-11,19H,4,7-8H2,1-3H3. The van der Waals surface area contributed by atoms with Gasteiger partial charge in [-0.2, -0.15) is 0 Å². The van der Waals surface area contributed by atoms with E-state index in [4.69, 9.17) is 9.52 Å². The summed E-state index contributed by atoms with van der Waals surface area (Å²) in [7, 11) is 0. The lowest BCUT2D eigenvalue weighted by atomic mass is 10.0. The van der Waals surface area contributed by atoms with Crippen LogP contribution in [0.15, 0.2) is 22.7 Å². The Morgan fingerprint density at radius 2 is 2.05 bits per heavy atom. The van der Waals surface area contributed by atoms with Crippen molar-refractivity contribution in [2.75, 3.05) is 6.61 Å². The first kappa shape index (κ1) is 14.7. The molecule has 0 aliphatic carbocycles. The minimum Gasteiger partial charge on any atom is -0.420 e. The number of aliphatic hydroxyl groups is 1. The van der Waals surface area contributed by atoms with Gasteiger partial charge in [-0.1, -0.05) is 20.8 Å². The highest BCUT2D eigenvalue weighted by molar-refractivity contribution is 5.50. The topological polar surface area (TPSA) is 72.0 Å². The van der Waals surface area contributed by atoms with Crippen molar-refractivity contribution < 1.29 is 9.52 Å². The second-order valence-electron chi connectivity index (χ2n) is 5.19. The fourth-order valence-electron chi connectivity index (χ4n) is 2.05. The van der Waals surface area contributed by atoms with Gasteiger partial charge in [-0.05, 0) is 30.9 Å². The molecular formula is C15H21N3O2. The molecule has 0 spiro atoms. The fraction of sp³-hybridized carbons (Fsp3) is 0.533. The molecule has 0 radical (unpaired) electrons. The maximum Gasteiger partial charge on any atom is 0.249 e. The van der Waals surface area contributed by atoms with E-state index >= 15 is 0 Å². The average Bonchev–Trinajstić information content (AvgIpc) is 2.94. The Morgan fingerprint density at radius 1 is 1.25 bits per heavy atom. The predicted octanol–water partition coefficient (Wildman–Crippen LogP) is 3.13. The van der Waals surface area contributed by atoms with Crippen LogP contribution in [0.1, 0.15) is 57.0 Å². The maximum absolute atomic E-state index is 9.04. The van der Waals surface area contributed by atoms with E-state index in [0.29, 0.717) is 24.1 Å². The van der Waals surface area contributed by atoms with Gasteiger partial charge in [0.2, 0.25) is 11.8 Å². The summed E-state index contributed by atoms with van der Waals surface area (Å²) >= 11 is 0. The molecule has 0 saturated carbocycles. The van der Waals surface area contributed by atoms with E-state index < -0.39 is 0 Å². The van der Waals surface area contributed by atoms with E-state index in [1.54, 1.807) is 6.20 Å². The third kappa shape index (κ3) is 3.22. The molecule has 0 saturated heterocycles. The van der Waals surface area contributed by atoms with Crippen LogP contribution in [0.3, 0.4) is 0 Å². The summed E-state index contributed by atoms with van der Waals surface area (Å²) in [5.41, 5.74) is 1.87. The zero-order valence-electron chi connectivity index (χ0n) is 12.2. The van der Waals surface area contributed by atoms with Crippen molar-refractivity contribution in [1.29, 1.82) is 0 Å². The number of hydrogen-bond donors (Lipinski definition) is 1. The molecule has 2 rings (SSSR count). The van der Waals surface area contributed by atoms with E-state index in [9.17, 15) is 0 Å². The molecule has 0 aromatic carbocycles. The summed E-state index contributed by atoms with van der Waals surface area (Å²) in [5, 5.41) is 17.2. The smallest absolute Gasteiger partial charge is 0.249 e. The molecule has 0 amide bonds. The van der Waals surface area contributed by atoms with Crippen molar-refractivity contribution >= 4 is 0 Å². The Balaban J connectivity index is 2.19. The van der Waals surface area contributed by atoms with Crippen molar-refractivity contribution in [3.63, 3.8) is 0 Å². The Morgan fingerprint density at radius 3 is 2.60 bits per heavy atom. The van der Waals surface area contributed by atoms with Crippen LogP contribution in [0.5, 0.6) is 0 Å². The van der Waals surface area contributed by atoms with Crippen molar-refractivity contribution in [3.8, 4) is 11.5 Å². The molecule has 5 nitrogen and oxygen atoms in total. The van der Waals surface area contributed by atoms with E-state index in [2.05, 4.69) is 29.0 Å². The summed E-state index contributed by atoms with van der Waals surface area (Å²) in [6.45, 7) is 6.38. The molecule has 2 heterocycles. The molecular weight excluding hydrogens is 254 g/mol.